The molecule has 1 atom stereocenters. The molecule has 0 N–H and O–H groups in total. The van der Waals surface area contributed by atoms with Crippen LogP contribution in [0.3, 0.4) is 0 Å². The topological polar surface area (TPSA) is 63.7 Å². The van der Waals surface area contributed by atoms with E-state index in [1.165, 1.54) is 11.6 Å². The Bertz CT molecular complexity index is 1380. The van der Waals surface area contributed by atoms with E-state index in [1.54, 1.807) is 0 Å². The van der Waals surface area contributed by atoms with E-state index in [4.69, 9.17) is 8.83 Å². The average Bonchev–Trinajstić information content (AvgIpc) is 2.80. The highest BCUT2D eigenvalue weighted by molar-refractivity contribution is 5.85. The van der Waals surface area contributed by atoms with Crippen molar-refractivity contribution in [3.63, 3.8) is 0 Å². The fourth-order valence-corrected chi connectivity index (χ4v) is 4.48. The van der Waals surface area contributed by atoms with Crippen LogP contribution in [0.25, 0.3) is 21.9 Å². The molecule has 0 amide bonds. The molecule has 4 aromatic rings. The molecule has 2 heterocycles. The maximum atomic E-state index is 12.5. The third kappa shape index (κ3) is 4.87. The summed E-state index contributed by atoms with van der Waals surface area (Å²) in [7, 11) is 0. The van der Waals surface area contributed by atoms with Crippen molar-refractivity contribution in [1.29, 1.82) is 0 Å². The lowest BCUT2D eigenvalue weighted by Gasteiger charge is -2.25. The standard InChI is InChI=1S/C28H31NO4/c1-5-29(21-16-23(18(2)3)22-12-13-27(30)32-26(22)17-21)14-8-9-19(4)24-15-20-10-6-7-11-25(20)33-28(24)31/h6-7,10-13,15-19H,5,8-9,14H2,1-4H3/t19-/m0/s1. The van der Waals surface area contributed by atoms with E-state index in [2.05, 4.69) is 38.7 Å². The van der Waals surface area contributed by atoms with E-state index in [-0.39, 0.29) is 17.2 Å². The fourth-order valence-electron chi connectivity index (χ4n) is 4.48. The molecule has 2 aromatic carbocycles. The molecular formula is C28H31NO4. The minimum absolute atomic E-state index is 0.102. The zero-order valence-corrected chi connectivity index (χ0v) is 19.8. The SMILES string of the molecule is CCN(CCC[C@H](C)c1cc2ccccc2oc1=O)c1cc(C(C)C)c2ccc(=O)oc2c1. The molecule has 0 bridgehead atoms. The smallest absolute Gasteiger partial charge is 0.339 e. The van der Waals surface area contributed by atoms with Gasteiger partial charge in [0.05, 0.1) is 0 Å². The van der Waals surface area contributed by atoms with Gasteiger partial charge in [0.2, 0.25) is 0 Å². The van der Waals surface area contributed by atoms with Gasteiger partial charge in [0.15, 0.2) is 0 Å². The van der Waals surface area contributed by atoms with Crippen molar-refractivity contribution < 1.29 is 8.83 Å². The first-order valence-electron chi connectivity index (χ1n) is 11.7. The van der Waals surface area contributed by atoms with Crippen LogP contribution in [0.15, 0.2) is 73.0 Å². The number of rotatable bonds is 8. The van der Waals surface area contributed by atoms with E-state index in [9.17, 15) is 9.59 Å². The van der Waals surface area contributed by atoms with Crippen LogP contribution in [0.4, 0.5) is 5.69 Å². The quantitative estimate of drug-likeness (QED) is 0.292. The van der Waals surface area contributed by atoms with Crippen LogP contribution in [-0.2, 0) is 0 Å². The summed E-state index contributed by atoms with van der Waals surface area (Å²) in [5.41, 5.74) is 3.63. The lowest BCUT2D eigenvalue weighted by molar-refractivity contribution is 0.528. The molecule has 0 unspecified atom stereocenters. The van der Waals surface area contributed by atoms with E-state index in [0.717, 1.165) is 48.0 Å². The first kappa shape index (κ1) is 22.8. The number of anilines is 1. The molecule has 33 heavy (non-hydrogen) atoms. The van der Waals surface area contributed by atoms with Crippen LogP contribution in [0.1, 0.15) is 63.5 Å². The van der Waals surface area contributed by atoms with Gasteiger partial charge in [0.25, 0.3) is 0 Å². The van der Waals surface area contributed by atoms with Crippen molar-refractivity contribution in [3.05, 3.63) is 86.6 Å². The first-order chi connectivity index (χ1) is 15.9. The number of hydrogen-bond acceptors (Lipinski definition) is 5. The van der Waals surface area contributed by atoms with Gasteiger partial charge in [-0.2, -0.15) is 0 Å². The normalized spacial score (nSPS) is 12.5. The summed E-state index contributed by atoms with van der Waals surface area (Å²) < 4.78 is 11.0. The summed E-state index contributed by atoms with van der Waals surface area (Å²) >= 11 is 0. The van der Waals surface area contributed by atoms with Gasteiger partial charge >= 0.3 is 11.3 Å². The molecule has 0 fully saturated rings. The summed E-state index contributed by atoms with van der Waals surface area (Å²) in [6.07, 6.45) is 1.80. The summed E-state index contributed by atoms with van der Waals surface area (Å²) in [6.45, 7) is 10.2. The largest absolute Gasteiger partial charge is 0.423 e. The molecule has 4 rings (SSSR count). The number of fused-ring (bicyclic) bond motifs is 2. The van der Waals surface area contributed by atoms with Crippen LogP contribution in [0, 0.1) is 0 Å². The molecule has 0 spiro atoms. The number of benzene rings is 2. The molecule has 5 nitrogen and oxygen atoms in total. The zero-order chi connectivity index (χ0) is 23.5. The van der Waals surface area contributed by atoms with Gasteiger partial charge in [-0.25, -0.2) is 9.59 Å². The van der Waals surface area contributed by atoms with Gasteiger partial charge in [-0.3, -0.25) is 0 Å². The third-order valence-corrected chi connectivity index (χ3v) is 6.39. The molecule has 0 saturated heterocycles. The van der Waals surface area contributed by atoms with Crippen LogP contribution in [0.2, 0.25) is 0 Å². The molecule has 0 aliphatic carbocycles. The van der Waals surface area contributed by atoms with Crippen molar-refractivity contribution in [2.75, 3.05) is 18.0 Å². The van der Waals surface area contributed by atoms with Gasteiger partial charge in [0.1, 0.15) is 11.2 Å². The van der Waals surface area contributed by atoms with Crippen molar-refractivity contribution in [2.24, 2.45) is 0 Å². The Morgan fingerprint density at radius 3 is 2.42 bits per heavy atom. The van der Waals surface area contributed by atoms with E-state index < -0.39 is 0 Å². The van der Waals surface area contributed by atoms with E-state index in [1.807, 2.05) is 42.5 Å². The van der Waals surface area contributed by atoms with Crippen LogP contribution < -0.4 is 16.2 Å². The molecule has 0 aliphatic heterocycles. The zero-order valence-electron chi connectivity index (χ0n) is 19.8. The van der Waals surface area contributed by atoms with Gasteiger partial charge in [-0.1, -0.05) is 39.0 Å². The second-order valence-electron chi connectivity index (χ2n) is 9.01. The minimum Gasteiger partial charge on any atom is -0.423 e. The predicted molar refractivity (Wildman–Crippen MR) is 135 cm³/mol. The Hall–Kier alpha value is -3.34. The second kappa shape index (κ2) is 9.65. The molecule has 2 aromatic heterocycles. The van der Waals surface area contributed by atoms with Gasteiger partial charge in [0, 0.05) is 47.2 Å². The minimum atomic E-state index is -0.333. The first-order valence-corrected chi connectivity index (χ1v) is 11.7. The molecule has 0 radical (unpaired) electrons. The Morgan fingerprint density at radius 1 is 0.879 bits per heavy atom. The second-order valence-corrected chi connectivity index (χ2v) is 9.01. The molecular weight excluding hydrogens is 414 g/mol. The van der Waals surface area contributed by atoms with Gasteiger partial charge < -0.3 is 13.7 Å². The Kier molecular flexibility index (Phi) is 6.68. The highest BCUT2D eigenvalue weighted by atomic mass is 16.4. The number of nitrogens with zero attached hydrogens (tertiary/aromatic N) is 1. The molecule has 0 saturated carbocycles. The highest BCUT2D eigenvalue weighted by Crippen LogP contribution is 2.31. The Labute approximate surface area is 193 Å². The van der Waals surface area contributed by atoms with E-state index >= 15 is 0 Å². The van der Waals surface area contributed by atoms with Crippen molar-refractivity contribution in [2.45, 2.75) is 52.4 Å². The maximum absolute atomic E-state index is 12.5. The highest BCUT2D eigenvalue weighted by Gasteiger charge is 2.16. The summed E-state index contributed by atoms with van der Waals surface area (Å²) in [4.78, 5) is 26.6. The third-order valence-electron chi connectivity index (χ3n) is 6.39. The van der Waals surface area contributed by atoms with Crippen LogP contribution >= 0.6 is 0 Å². The maximum Gasteiger partial charge on any atom is 0.339 e. The number of para-hydroxylation sites is 1. The fraction of sp³-hybridized carbons (Fsp3) is 0.357. The molecule has 0 aliphatic rings. The lowest BCUT2D eigenvalue weighted by Crippen LogP contribution is -2.24. The number of hydrogen-bond donors (Lipinski definition) is 0. The van der Waals surface area contributed by atoms with E-state index in [0.29, 0.717) is 17.1 Å². The Morgan fingerprint density at radius 2 is 1.67 bits per heavy atom. The molecule has 172 valence electrons. The molecule has 5 heteroatoms. The van der Waals surface area contributed by atoms with Crippen molar-refractivity contribution in [3.8, 4) is 0 Å². The van der Waals surface area contributed by atoms with Crippen molar-refractivity contribution >= 4 is 27.6 Å². The predicted octanol–water partition coefficient (Wildman–Crippen LogP) is 6.43. The van der Waals surface area contributed by atoms with Crippen LogP contribution in [-0.4, -0.2) is 13.1 Å². The summed E-state index contributed by atoms with van der Waals surface area (Å²) in [5.74, 6) is 0.413. The summed E-state index contributed by atoms with van der Waals surface area (Å²) in [5, 5.41) is 1.94. The van der Waals surface area contributed by atoms with Gasteiger partial charge in [-0.05, 0) is 61.4 Å². The monoisotopic (exact) mass is 445 g/mol. The van der Waals surface area contributed by atoms with Crippen molar-refractivity contribution in [1.82, 2.24) is 0 Å². The summed E-state index contributed by atoms with van der Waals surface area (Å²) in [6, 6.07) is 17.1. The Balaban J connectivity index is 1.52. The average molecular weight is 446 g/mol. The lowest BCUT2D eigenvalue weighted by atomic mass is 9.96. The van der Waals surface area contributed by atoms with Crippen LogP contribution in [0.5, 0.6) is 0 Å². The van der Waals surface area contributed by atoms with Gasteiger partial charge in [-0.15, -0.1) is 0 Å².